The van der Waals surface area contributed by atoms with E-state index in [4.69, 9.17) is 11.6 Å². The van der Waals surface area contributed by atoms with Crippen LogP contribution < -0.4 is 5.32 Å². The first kappa shape index (κ1) is 16.6. The van der Waals surface area contributed by atoms with Crippen molar-refractivity contribution in [3.05, 3.63) is 100 Å². The molecule has 27 heavy (non-hydrogen) atoms. The zero-order valence-corrected chi connectivity index (χ0v) is 15.8. The molecular formula is C24H20ClNO. The summed E-state index contributed by atoms with van der Waals surface area (Å²) in [6, 6.07) is 24.5. The molecule has 0 radical (unpaired) electrons. The minimum absolute atomic E-state index is 0.0869. The van der Waals surface area contributed by atoms with E-state index >= 15 is 0 Å². The van der Waals surface area contributed by atoms with Crippen LogP contribution in [-0.2, 0) is 4.79 Å². The summed E-state index contributed by atoms with van der Waals surface area (Å²) in [5.41, 5.74) is 6.15. The number of hydrogen-bond acceptors (Lipinski definition) is 1. The molecule has 2 nitrogen and oxygen atoms in total. The Kier molecular flexibility index (Phi) is 3.84. The van der Waals surface area contributed by atoms with Gasteiger partial charge in [0.05, 0.1) is 5.92 Å². The van der Waals surface area contributed by atoms with Crippen LogP contribution in [0.15, 0.2) is 72.8 Å². The number of amides is 1. The van der Waals surface area contributed by atoms with E-state index in [0.717, 1.165) is 5.69 Å². The molecule has 134 valence electrons. The summed E-state index contributed by atoms with van der Waals surface area (Å²) in [6.07, 6.45) is 0. The number of nitrogens with one attached hydrogen (secondary N) is 1. The van der Waals surface area contributed by atoms with Crippen LogP contribution in [0, 0.1) is 11.8 Å². The Hall–Kier alpha value is -2.58. The van der Waals surface area contributed by atoms with Crippen molar-refractivity contribution in [3.8, 4) is 0 Å². The number of hydrogen-bond donors (Lipinski definition) is 1. The van der Waals surface area contributed by atoms with Gasteiger partial charge >= 0.3 is 0 Å². The highest BCUT2D eigenvalue weighted by atomic mass is 35.5. The molecule has 3 aromatic rings. The molecule has 2 bridgehead atoms. The molecule has 3 aliphatic rings. The van der Waals surface area contributed by atoms with Crippen molar-refractivity contribution >= 4 is 23.2 Å². The molecule has 0 fully saturated rings. The molecule has 0 aromatic heterocycles. The van der Waals surface area contributed by atoms with Crippen molar-refractivity contribution in [2.75, 3.05) is 5.32 Å². The molecule has 3 aliphatic carbocycles. The van der Waals surface area contributed by atoms with Gasteiger partial charge < -0.3 is 5.32 Å². The second kappa shape index (κ2) is 6.24. The molecule has 0 saturated heterocycles. The third-order valence-electron chi connectivity index (χ3n) is 6.20. The Morgan fingerprint density at radius 3 is 1.78 bits per heavy atom. The highest BCUT2D eigenvalue weighted by molar-refractivity contribution is 6.30. The first-order valence-corrected chi connectivity index (χ1v) is 9.77. The number of anilines is 1. The van der Waals surface area contributed by atoms with E-state index in [-0.39, 0.29) is 29.6 Å². The maximum absolute atomic E-state index is 13.3. The fraction of sp³-hybridized carbons (Fsp3) is 0.208. The number of benzene rings is 3. The summed E-state index contributed by atoms with van der Waals surface area (Å²) in [6.45, 7) is 2.22. The topological polar surface area (TPSA) is 29.1 Å². The Bertz CT molecular complexity index is 979. The summed E-state index contributed by atoms with van der Waals surface area (Å²) < 4.78 is 0. The molecule has 1 N–H and O–H groups in total. The lowest BCUT2D eigenvalue weighted by Crippen LogP contribution is -2.44. The standard InChI is InChI=1S/C24H20ClNO/c1-14-21-17-6-2-4-8-19(17)23(20-9-5-3-7-18(20)21)22(14)24(27)26-16-12-10-15(25)11-13-16/h2-14,21-23H,1H3,(H,26,27)/t14-,21?,22+,23?/m0/s1. The molecule has 0 spiro atoms. The Labute approximate surface area is 164 Å². The number of carbonyl (C=O) groups is 1. The van der Waals surface area contributed by atoms with Crippen molar-refractivity contribution in [1.82, 2.24) is 0 Å². The Balaban J connectivity index is 1.58. The third kappa shape index (κ3) is 2.51. The molecule has 3 aromatic carbocycles. The first-order chi connectivity index (χ1) is 13.1. The molecule has 1 amide bonds. The van der Waals surface area contributed by atoms with Crippen molar-refractivity contribution < 1.29 is 4.79 Å². The fourth-order valence-corrected chi connectivity index (χ4v) is 5.23. The normalized spacial score (nSPS) is 24.8. The second-order valence-corrected chi connectivity index (χ2v) is 8.03. The van der Waals surface area contributed by atoms with E-state index in [1.165, 1.54) is 22.3 Å². The van der Waals surface area contributed by atoms with Crippen LogP contribution in [0.4, 0.5) is 5.69 Å². The lowest BCUT2D eigenvalue weighted by atomic mass is 9.54. The summed E-state index contributed by atoms with van der Waals surface area (Å²) in [5, 5.41) is 3.79. The number of fused-ring (bicyclic) bond motifs is 1. The number of rotatable bonds is 2. The summed E-state index contributed by atoms with van der Waals surface area (Å²) >= 11 is 5.97. The van der Waals surface area contributed by atoms with Crippen LogP contribution >= 0.6 is 11.6 Å². The molecule has 0 heterocycles. The predicted octanol–water partition coefficient (Wildman–Crippen LogP) is 5.82. The molecule has 3 heteroatoms. The maximum Gasteiger partial charge on any atom is 0.228 e. The van der Waals surface area contributed by atoms with Crippen LogP contribution in [0.1, 0.15) is 41.0 Å². The van der Waals surface area contributed by atoms with E-state index in [0.29, 0.717) is 5.02 Å². The van der Waals surface area contributed by atoms with Gasteiger partial charge in [-0.15, -0.1) is 0 Å². The average Bonchev–Trinajstić information content (AvgIpc) is 2.69. The Morgan fingerprint density at radius 1 is 0.778 bits per heavy atom. The molecule has 0 unspecified atom stereocenters. The third-order valence-corrected chi connectivity index (χ3v) is 6.45. The fourth-order valence-electron chi connectivity index (χ4n) is 5.10. The van der Waals surface area contributed by atoms with Gasteiger partial charge in [-0.3, -0.25) is 4.79 Å². The molecule has 2 atom stereocenters. The largest absolute Gasteiger partial charge is 0.326 e. The Morgan fingerprint density at radius 2 is 1.26 bits per heavy atom. The zero-order chi connectivity index (χ0) is 18.5. The smallest absolute Gasteiger partial charge is 0.228 e. The predicted molar refractivity (Wildman–Crippen MR) is 109 cm³/mol. The first-order valence-electron chi connectivity index (χ1n) is 9.39. The summed E-state index contributed by atoms with van der Waals surface area (Å²) in [4.78, 5) is 13.3. The second-order valence-electron chi connectivity index (χ2n) is 7.59. The lowest BCUT2D eigenvalue weighted by molar-refractivity contribution is -0.122. The van der Waals surface area contributed by atoms with Crippen molar-refractivity contribution in [2.45, 2.75) is 18.8 Å². The minimum Gasteiger partial charge on any atom is -0.326 e. The monoisotopic (exact) mass is 373 g/mol. The van der Waals surface area contributed by atoms with Gasteiger partial charge in [-0.25, -0.2) is 0 Å². The van der Waals surface area contributed by atoms with Gasteiger partial charge in [0.1, 0.15) is 0 Å². The van der Waals surface area contributed by atoms with Gasteiger partial charge in [-0.1, -0.05) is 67.1 Å². The van der Waals surface area contributed by atoms with Gasteiger partial charge in [0, 0.05) is 22.5 Å². The molecule has 0 aliphatic heterocycles. The molecule has 6 rings (SSSR count). The zero-order valence-electron chi connectivity index (χ0n) is 15.0. The molecule has 0 saturated carbocycles. The minimum atomic E-state index is -0.0875. The molecular weight excluding hydrogens is 354 g/mol. The highest BCUT2D eigenvalue weighted by Gasteiger charge is 2.50. The van der Waals surface area contributed by atoms with E-state index in [1.807, 2.05) is 12.1 Å². The quantitative estimate of drug-likeness (QED) is 0.602. The van der Waals surface area contributed by atoms with Gasteiger partial charge in [0.2, 0.25) is 5.91 Å². The van der Waals surface area contributed by atoms with Crippen molar-refractivity contribution in [3.63, 3.8) is 0 Å². The summed E-state index contributed by atoms with van der Waals surface area (Å²) in [5.74, 6) is 0.611. The number of halogens is 1. The van der Waals surface area contributed by atoms with E-state index in [1.54, 1.807) is 12.1 Å². The van der Waals surface area contributed by atoms with Crippen LogP contribution in [0.3, 0.4) is 0 Å². The van der Waals surface area contributed by atoms with Gasteiger partial charge in [0.15, 0.2) is 0 Å². The van der Waals surface area contributed by atoms with Crippen molar-refractivity contribution in [2.24, 2.45) is 11.8 Å². The van der Waals surface area contributed by atoms with Crippen LogP contribution in [0.25, 0.3) is 0 Å². The SMILES string of the molecule is C[C@H]1C2c3ccccc3C(c3ccccc32)[C@@H]1C(=O)Nc1ccc(Cl)cc1. The van der Waals surface area contributed by atoms with E-state index in [9.17, 15) is 4.79 Å². The average molecular weight is 374 g/mol. The van der Waals surface area contributed by atoms with Crippen LogP contribution in [0.5, 0.6) is 0 Å². The van der Waals surface area contributed by atoms with Crippen LogP contribution in [-0.4, -0.2) is 5.91 Å². The van der Waals surface area contributed by atoms with Gasteiger partial charge in [-0.05, 0) is 52.4 Å². The maximum atomic E-state index is 13.3. The van der Waals surface area contributed by atoms with Gasteiger partial charge in [-0.2, -0.15) is 0 Å². The lowest BCUT2D eigenvalue weighted by Gasteiger charge is -2.49. The van der Waals surface area contributed by atoms with Crippen molar-refractivity contribution in [1.29, 1.82) is 0 Å². The number of carbonyl (C=O) groups excluding carboxylic acids is 1. The van der Waals surface area contributed by atoms with Gasteiger partial charge in [0.25, 0.3) is 0 Å². The summed E-state index contributed by atoms with van der Waals surface area (Å²) in [7, 11) is 0. The van der Waals surface area contributed by atoms with Crippen LogP contribution in [0.2, 0.25) is 5.02 Å². The van der Waals surface area contributed by atoms with E-state index in [2.05, 4.69) is 60.8 Å². The van der Waals surface area contributed by atoms with E-state index < -0.39 is 0 Å². The highest BCUT2D eigenvalue weighted by Crippen LogP contribution is 2.58.